The van der Waals surface area contributed by atoms with Gasteiger partial charge in [0, 0.05) is 17.1 Å². The molecule has 0 saturated carbocycles. The maximum atomic E-state index is 12.4. The molecule has 0 aromatic carbocycles. The van der Waals surface area contributed by atoms with Gasteiger partial charge in [-0.25, -0.2) is 0 Å². The van der Waals surface area contributed by atoms with E-state index in [1.54, 1.807) is 11.3 Å². The lowest BCUT2D eigenvalue weighted by atomic mass is 10.1. The summed E-state index contributed by atoms with van der Waals surface area (Å²) < 4.78 is 0. The average molecular weight is 332 g/mol. The SMILES string of the molecule is CC(C)c1cc(C(=O)NCC(c2cccs2)N2CCCC2)n[nH]1. The molecule has 0 spiro atoms. The molecule has 1 aliphatic rings. The Morgan fingerprint density at radius 1 is 1.43 bits per heavy atom. The number of carbonyl (C=O) groups is 1. The average Bonchev–Trinajstić information content (AvgIpc) is 3.29. The first-order valence-corrected chi connectivity index (χ1v) is 9.14. The Balaban J connectivity index is 1.64. The number of aromatic amines is 1. The smallest absolute Gasteiger partial charge is 0.271 e. The van der Waals surface area contributed by atoms with Gasteiger partial charge in [-0.05, 0) is 49.4 Å². The Hall–Kier alpha value is -1.66. The van der Waals surface area contributed by atoms with E-state index in [0.29, 0.717) is 18.2 Å². The van der Waals surface area contributed by atoms with Crippen LogP contribution in [0.25, 0.3) is 0 Å². The maximum Gasteiger partial charge on any atom is 0.271 e. The largest absolute Gasteiger partial charge is 0.349 e. The van der Waals surface area contributed by atoms with E-state index in [1.807, 2.05) is 6.07 Å². The van der Waals surface area contributed by atoms with Gasteiger partial charge < -0.3 is 5.32 Å². The van der Waals surface area contributed by atoms with Gasteiger partial charge in [0.25, 0.3) is 5.91 Å². The molecule has 1 aliphatic heterocycles. The van der Waals surface area contributed by atoms with Gasteiger partial charge >= 0.3 is 0 Å². The zero-order valence-electron chi connectivity index (χ0n) is 13.7. The van der Waals surface area contributed by atoms with Crippen LogP contribution < -0.4 is 5.32 Å². The van der Waals surface area contributed by atoms with Crippen LogP contribution in [0.3, 0.4) is 0 Å². The fourth-order valence-electron chi connectivity index (χ4n) is 2.97. The van der Waals surface area contributed by atoms with E-state index in [0.717, 1.165) is 18.8 Å². The van der Waals surface area contributed by atoms with Crippen LogP contribution in [-0.2, 0) is 0 Å². The lowest BCUT2D eigenvalue weighted by molar-refractivity contribution is 0.0933. The minimum Gasteiger partial charge on any atom is -0.349 e. The van der Waals surface area contributed by atoms with Crippen molar-refractivity contribution in [2.75, 3.05) is 19.6 Å². The quantitative estimate of drug-likeness (QED) is 0.854. The highest BCUT2D eigenvalue weighted by molar-refractivity contribution is 7.10. The highest BCUT2D eigenvalue weighted by Crippen LogP contribution is 2.27. The molecule has 3 heterocycles. The Morgan fingerprint density at radius 2 is 2.22 bits per heavy atom. The number of aromatic nitrogens is 2. The molecule has 2 aromatic heterocycles. The normalized spacial score (nSPS) is 16.8. The molecule has 0 bridgehead atoms. The highest BCUT2D eigenvalue weighted by atomic mass is 32.1. The summed E-state index contributed by atoms with van der Waals surface area (Å²) in [5.41, 5.74) is 1.46. The van der Waals surface area contributed by atoms with E-state index < -0.39 is 0 Å². The summed E-state index contributed by atoms with van der Waals surface area (Å²) in [6.07, 6.45) is 2.49. The summed E-state index contributed by atoms with van der Waals surface area (Å²) in [5.74, 6) is 0.237. The van der Waals surface area contributed by atoms with E-state index in [2.05, 4.69) is 51.8 Å². The predicted molar refractivity (Wildman–Crippen MR) is 92.9 cm³/mol. The molecular formula is C17H24N4OS. The minimum atomic E-state index is -0.103. The number of carbonyl (C=O) groups excluding carboxylic acids is 1. The monoisotopic (exact) mass is 332 g/mol. The summed E-state index contributed by atoms with van der Waals surface area (Å²) in [5, 5.41) is 12.2. The second-order valence-corrected chi connectivity index (χ2v) is 7.33. The lowest BCUT2D eigenvalue weighted by Gasteiger charge is -2.26. The van der Waals surface area contributed by atoms with Gasteiger partial charge in [0.1, 0.15) is 5.69 Å². The van der Waals surface area contributed by atoms with Gasteiger partial charge in [-0.3, -0.25) is 14.8 Å². The topological polar surface area (TPSA) is 61.0 Å². The Morgan fingerprint density at radius 3 is 2.83 bits per heavy atom. The summed E-state index contributed by atoms with van der Waals surface area (Å²) >= 11 is 1.76. The van der Waals surface area contributed by atoms with Crippen molar-refractivity contribution in [2.24, 2.45) is 0 Å². The molecule has 1 amide bonds. The van der Waals surface area contributed by atoms with Crippen molar-refractivity contribution < 1.29 is 4.79 Å². The molecule has 0 radical (unpaired) electrons. The van der Waals surface area contributed by atoms with E-state index >= 15 is 0 Å². The number of hydrogen-bond acceptors (Lipinski definition) is 4. The van der Waals surface area contributed by atoms with Gasteiger partial charge in [0.05, 0.1) is 6.04 Å². The minimum absolute atomic E-state index is 0.103. The maximum absolute atomic E-state index is 12.4. The third-order valence-electron chi connectivity index (χ3n) is 4.36. The highest BCUT2D eigenvalue weighted by Gasteiger charge is 2.25. The first-order chi connectivity index (χ1) is 11.1. The van der Waals surface area contributed by atoms with Crippen LogP contribution in [0.1, 0.15) is 59.7 Å². The fraction of sp³-hybridized carbons (Fsp3) is 0.529. The van der Waals surface area contributed by atoms with E-state index in [4.69, 9.17) is 0 Å². The van der Waals surface area contributed by atoms with Gasteiger partial charge in [0.15, 0.2) is 0 Å². The molecule has 2 aromatic rings. The molecule has 1 saturated heterocycles. The number of rotatable bonds is 6. The third-order valence-corrected chi connectivity index (χ3v) is 5.33. The first-order valence-electron chi connectivity index (χ1n) is 8.26. The Bertz CT molecular complexity index is 629. The van der Waals surface area contributed by atoms with Gasteiger partial charge in [-0.2, -0.15) is 5.10 Å². The molecule has 5 nitrogen and oxygen atoms in total. The van der Waals surface area contributed by atoms with Crippen LogP contribution in [0.2, 0.25) is 0 Å². The van der Waals surface area contributed by atoms with Crippen LogP contribution in [0, 0.1) is 0 Å². The predicted octanol–water partition coefficient (Wildman–Crippen LogP) is 3.16. The third kappa shape index (κ3) is 3.82. The summed E-state index contributed by atoms with van der Waals surface area (Å²) in [6, 6.07) is 6.35. The van der Waals surface area contributed by atoms with Gasteiger partial charge in [0.2, 0.25) is 0 Å². The molecule has 1 fully saturated rings. The van der Waals surface area contributed by atoms with Crippen molar-refractivity contribution in [1.82, 2.24) is 20.4 Å². The van der Waals surface area contributed by atoms with Crippen LogP contribution in [0.4, 0.5) is 0 Å². The lowest BCUT2D eigenvalue weighted by Crippen LogP contribution is -2.36. The van der Waals surface area contributed by atoms with E-state index in [1.165, 1.54) is 17.7 Å². The summed E-state index contributed by atoms with van der Waals surface area (Å²) in [6.45, 7) is 7.00. The van der Waals surface area contributed by atoms with Crippen molar-refractivity contribution >= 4 is 17.2 Å². The summed E-state index contributed by atoms with van der Waals surface area (Å²) in [4.78, 5) is 16.1. The summed E-state index contributed by atoms with van der Waals surface area (Å²) in [7, 11) is 0. The van der Waals surface area contributed by atoms with Crippen molar-refractivity contribution in [3.05, 3.63) is 39.8 Å². The molecule has 1 unspecified atom stereocenters. The second kappa shape index (κ2) is 7.27. The van der Waals surface area contributed by atoms with Crippen LogP contribution >= 0.6 is 11.3 Å². The number of thiophene rings is 1. The number of nitrogens with zero attached hydrogens (tertiary/aromatic N) is 2. The molecular weight excluding hydrogens is 308 g/mol. The molecule has 3 rings (SSSR count). The molecule has 0 aliphatic carbocycles. The Labute approximate surface area is 141 Å². The first kappa shape index (κ1) is 16.2. The standard InChI is InChI=1S/C17H24N4OS/c1-12(2)13-10-14(20-19-13)17(22)18-11-15(16-6-5-9-23-16)21-7-3-4-8-21/h5-6,9-10,12,15H,3-4,7-8,11H2,1-2H3,(H,18,22)(H,19,20). The van der Waals surface area contributed by atoms with Crippen molar-refractivity contribution in [1.29, 1.82) is 0 Å². The molecule has 2 N–H and O–H groups in total. The molecule has 6 heteroatoms. The van der Waals surface area contributed by atoms with Crippen molar-refractivity contribution in [2.45, 2.75) is 38.6 Å². The van der Waals surface area contributed by atoms with E-state index in [9.17, 15) is 4.79 Å². The number of H-pyrrole nitrogens is 1. The fourth-order valence-corrected chi connectivity index (χ4v) is 3.83. The number of hydrogen-bond donors (Lipinski definition) is 2. The van der Waals surface area contributed by atoms with Crippen molar-refractivity contribution in [3.8, 4) is 0 Å². The Kier molecular flexibility index (Phi) is 5.13. The van der Waals surface area contributed by atoms with Crippen LogP contribution in [0.5, 0.6) is 0 Å². The number of amides is 1. The van der Waals surface area contributed by atoms with Gasteiger partial charge in [-0.1, -0.05) is 19.9 Å². The molecule has 23 heavy (non-hydrogen) atoms. The van der Waals surface area contributed by atoms with Crippen molar-refractivity contribution in [3.63, 3.8) is 0 Å². The van der Waals surface area contributed by atoms with Crippen LogP contribution in [0.15, 0.2) is 23.6 Å². The zero-order valence-corrected chi connectivity index (χ0v) is 14.5. The second-order valence-electron chi connectivity index (χ2n) is 6.35. The van der Waals surface area contributed by atoms with Gasteiger partial charge in [-0.15, -0.1) is 11.3 Å². The van der Waals surface area contributed by atoms with Crippen LogP contribution in [-0.4, -0.2) is 40.6 Å². The number of nitrogens with one attached hydrogen (secondary N) is 2. The van der Waals surface area contributed by atoms with E-state index in [-0.39, 0.29) is 11.9 Å². The molecule has 1 atom stereocenters. The zero-order chi connectivity index (χ0) is 16.2. The molecule has 124 valence electrons. The number of likely N-dealkylation sites (tertiary alicyclic amines) is 1.